The van der Waals surface area contributed by atoms with Gasteiger partial charge in [-0.25, -0.2) is 19.2 Å². The standard InChI is InChI=1S/C44H56O10.2C37H52O9/c1-8-36(53-43(48)34-20-13-10-14-21-34)31(5)41-37(52-41)26-28(2)16-15-17-29(3)40-30(4)22-23-38(50-32(6)45)44(7,49)25-24-35(27-39(46)54-40)51-42(47)33-18-11-9-12-19-33;1-8-30(39)26(5)35-31(45-35)21-23(2)13-12-14-24(3)34-25(4)17-18-32(43-27(6)38)37(7,42)20-19-29(22-33(40)46-34)44-36(41)28-15-10-9-11-16-28;1-8-30(45-36(41)28-15-10-9-11-16-28)26(5)35-31(44-35)21-23(2)13-12-14-24(3)34-25(4)17-18-32(43-27(6)38)37(7,42)20-19-29(39)22-33(40)46-34/h9-23,28,30-31,35-38,40-41,49H,8,24-27H2,1-7H3;2*9-18,23,25-26,29-32,34-35,39,42H,8,19-22H2,1-7H3/b16-15+,23-22+,29-17+;2*13-12+,18-17+,24-14+. The fraction of sp³-hybridized carbons (Fsp3) is 0.559. The SMILES string of the molecule is CCC(O)C(C)C1OC1CC(C)/C=C/C=C(\C)C1OC(=O)CC(OC(=O)c2ccccc2)CCC(C)(O)C(OC(C)=O)/C=C/C1C.CCC(OC(=O)c1ccccc1)C(C)C1OC1CC(C)/C=C/C=C(\C)C1OC(=O)CC(O)CCC(C)(O)C(OC(C)=O)/C=C/C1C.CCC(OC(=O)c1ccccc1)C(C)C1OC1CC(C)/C=C/C=C(\C)C1OC(=O)CC(OC(=O)c2ccccc2)CCC(C)(O)C(OC(C)=O)/C=C/C1C. The lowest BCUT2D eigenvalue weighted by molar-refractivity contribution is -0.158. The smallest absolute Gasteiger partial charge is 0.338 e. The lowest BCUT2D eigenvalue weighted by atomic mass is 9.88. The van der Waals surface area contributed by atoms with Crippen LogP contribution in [0.1, 0.15) is 283 Å². The molecule has 30 atom stereocenters. The van der Waals surface area contributed by atoms with Gasteiger partial charge in [0.1, 0.15) is 77.8 Å². The molecular formula is C118H160O28. The Balaban J connectivity index is 0.000000269. The summed E-state index contributed by atoms with van der Waals surface area (Å²) in [7, 11) is 0. The Morgan fingerprint density at radius 3 is 0.938 bits per heavy atom. The maximum absolute atomic E-state index is 13.4. The Labute approximate surface area is 863 Å². The summed E-state index contributed by atoms with van der Waals surface area (Å²) in [5.41, 5.74) is -0.295. The van der Waals surface area contributed by atoms with E-state index in [-0.39, 0.29) is 178 Å². The Hall–Kier alpha value is -11.1. The Morgan fingerprint density at radius 1 is 0.384 bits per heavy atom. The molecule has 6 aliphatic heterocycles. The Kier molecular flexibility index (Phi) is 47.8. The number of aliphatic hydroxyl groups is 5. The first-order valence-electron chi connectivity index (χ1n) is 51.8. The molecule has 0 saturated carbocycles. The summed E-state index contributed by atoms with van der Waals surface area (Å²) in [4.78, 5) is 126. The van der Waals surface area contributed by atoms with Gasteiger partial charge in [0.25, 0.3) is 0 Å². The number of ether oxygens (including phenoxy) is 13. The van der Waals surface area contributed by atoms with Gasteiger partial charge in [-0.15, -0.1) is 0 Å². The first kappa shape index (κ1) is 120. The quantitative estimate of drug-likeness (QED) is 0.00939. The number of rotatable bonds is 35. The summed E-state index contributed by atoms with van der Waals surface area (Å²) in [5, 5.41) is 54.3. The molecule has 3 saturated heterocycles. The lowest BCUT2D eigenvalue weighted by Crippen LogP contribution is -2.42. The number of allylic oxidation sites excluding steroid dienone is 9. The number of cyclic esters (lactones) is 3. The maximum Gasteiger partial charge on any atom is 0.338 e. The summed E-state index contributed by atoms with van der Waals surface area (Å²) >= 11 is 0. The number of esters is 10. The van der Waals surface area contributed by atoms with Crippen LogP contribution in [0.5, 0.6) is 0 Å². The van der Waals surface area contributed by atoms with E-state index >= 15 is 0 Å². The minimum Gasteiger partial charge on any atom is -0.458 e. The molecule has 0 spiro atoms. The van der Waals surface area contributed by atoms with E-state index in [1.54, 1.807) is 142 Å². The number of aliphatic hydroxyl groups excluding tert-OH is 2. The number of carbonyl (C=O) groups excluding carboxylic acids is 10. The molecule has 6 aliphatic rings. The van der Waals surface area contributed by atoms with Crippen LogP contribution in [0.4, 0.5) is 0 Å². The van der Waals surface area contributed by atoms with E-state index < -0.39 is 119 Å². The molecule has 146 heavy (non-hydrogen) atoms. The van der Waals surface area contributed by atoms with Gasteiger partial charge >= 0.3 is 59.7 Å². The number of carbonyl (C=O) groups is 10. The highest BCUT2D eigenvalue weighted by Gasteiger charge is 2.50. The van der Waals surface area contributed by atoms with Crippen molar-refractivity contribution in [2.75, 3.05) is 0 Å². The minimum atomic E-state index is -1.51. The van der Waals surface area contributed by atoms with Gasteiger partial charge in [0.05, 0.1) is 90.3 Å². The zero-order valence-electron chi connectivity index (χ0n) is 89.0. The highest BCUT2D eigenvalue weighted by atomic mass is 16.6. The third-order valence-electron chi connectivity index (χ3n) is 27.9. The van der Waals surface area contributed by atoms with Gasteiger partial charge in [-0.05, 0) is 220 Å². The topological polar surface area (TPSA) is 402 Å². The van der Waals surface area contributed by atoms with Crippen LogP contribution < -0.4 is 0 Å². The van der Waals surface area contributed by atoms with Crippen LogP contribution in [0, 0.1) is 53.3 Å². The first-order chi connectivity index (χ1) is 69.1. The second-order valence-corrected chi connectivity index (χ2v) is 41.2. The highest BCUT2D eigenvalue weighted by Crippen LogP contribution is 2.42. The molecule has 3 fully saturated rings. The zero-order chi connectivity index (χ0) is 107. The van der Waals surface area contributed by atoms with Gasteiger partial charge < -0.3 is 87.1 Å². The summed E-state index contributed by atoms with van der Waals surface area (Å²) in [6.45, 7) is 38.3. The number of hydrogen-bond acceptors (Lipinski definition) is 28. The summed E-state index contributed by atoms with van der Waals surface area (Å²) in [5.74, 6) is -5.23. The molecule has 10 rings (SSSR count). The fourth-order valence-corrected chi connectivity index (χ4v) is 18.6. The van der Waals surface area contributed by atoms with Crippen molar-refractivity contribution in [3.63, 3.8) is 0 Å². The third kappa shape index (κ3) is 39.5. The van der Waals surface area contributed by atoms with Crippen LogP contribution >= 0.6 is 0 Å². The minimum absolute atomic E-state index is 0.00213. The van der Waals surface area contributed by atoms with Crippen LogP contribution in [0.3, 0.4) is 0 Å². The third-order valence-corrected chi connectivity index (χ3v) is 27.9. The van der Waals surface area contributed by atoms with Crippen LogP contribution in [0.2, 0.25) is 0 Å². The second kappa shape index (κ2) is 58.0. The average Bonchev–Trinajstić information content (AvgIpc) is 1.65. The van der Waals surface area contributed by atoms with Crippen molar-refractivity contribution in [2.24, 2.45) is 53.3 Å². The van der Waals surface area contributed by atoms with Gasteiger partial charge in [0.15, 0.2) is 0 Å². The molecule has 30 unspecified atom stereocenters. The molecule has 28 nitrogen and oxygen atoms in total. The van der Waals surface area contributed by atoms with E-state index in [9.17, 15) is 73.5 Å². The van der Waals surface area contributed by atoms with E-state index in [0.717, 1.165) is 36.0 Å². The van der Waals surface area contributed by atoms with Crippen molar-refractivity contribution in [3.05, 3.63) is 251 Å². The van der Waals surface area contributed by atoms with Crippen molar-refractivity contribution < 1.29 is 135 Å². The number of epoxide rings is 3. The summed E-state index contributed by atoms with van der Waals surface area (Å²) < 4.78 is 75.3. The predicted molar refractivity (Wildman–Crippen MR) is 554 cm³/mol. The molecular weight excluding hydrogens is 1870 g/mol. The molecule has 0 radical (unpaired) electrons. The van der Waals surface area contributed by atoms with Gasteiger partial charge in [-0.3, -0.25) is 28.8 Å². The largest absolute Gasteiger partial charge is 0.458 e. The number of benzene rings is 4. The van der Waals surface area contributed by atoms with Gasteiger partial charge in [-0.2, -0.15) is 0 Å². The molecule has 5 N–H and O–H groups in total. The maximum atomic E-state index is 13.4. The van der Waals surface area contributed by atoms with Crippen molar-refractivity contribution >= 4 is 59.7 Å². The Bertz CT molecular complexity index is 5140. The van der Waals surface area contributed by atoms with Crippen molar-refractivity contribution in [1.29, 1.82) is 0 Å². The molecule has 0 aliphatic carbocycles. The van der Waals surface area contributed by atoms with E-state index in [1.807, 2.05) is 142 Å². The molecule has 28 heteroatoms. The van der Waals surface area contributed by atoms with Gasteiger partial charge in [0, 0.05) is 56.3 Å². The summed E-state index contributed by atoms with van der Waals surface area (Å²) in [6.07, 6.45) is 24.6. The van der Waals surface area contributed by atoms with Crippen molar-refractivity contribution in [2.45, 2.75) is 368 Å². The fourth-order valence-electron chi connectivity index (χ4n) is 18.6. The van der Waals surface area contributed by atoms with E-state index in [2.05, 4.69) is 52.8 Å². The molecule has 4 aromatic carbocycles. The van der Waals surface area contributed by atoms with Crippen LogP contribution in [0.15, 0.2) is 229 Å². The molecule has 0 amide bonds. The van der Waals surface area contributed by atoms with Crippen LogP contribution in [-0.2, 0) is 90.3 Å². The van der Waals surface area contributed by atoms with Crippen LogP contribution in [0.25, 0.3) is 0 Å². The van der Waals surface area contributed by atoms with Crippen LogP contribution in [-0.4, -0.2) is 212 Å². The van der Waals surface area contributed by atoms with Gasteiger partial charge in [-0.1, -0.05) is 229 Å². The van der Waals surface area contributed by atoms with E-state index in [4.69, 9.17) is 61.6 Å². The molecule has 4 aromatic rings. The average molecular weight is 2030 g/mol. The molecule has 6 heterocycles. The monoisotopic (exact) mass is 2030 g/mol. The number of hydrogen-bond donors (Lipinski definition) is 5. The molecule has 0 bridgehead atoms. The predicted octanol–water partition coefficient (Wildman–Crippen LogP) is 19.5. The lowest BCUT2D eigenvalue weighted by Gasteiger charge is -2.33. The summed E-state index contributed by atoms with van der Waals surface area (Å²) in [6, 6.07) is 34.9. The van der Waals surface area contributed by atoms with Crippen molar-refractivity contribution in [1.82, 2.24) is 0 Å². The molecule has 800 valence electrons. The Morgan fingerprint density at radius 2 is 0.658 bits per heavy atom. The molecule has 0 aromatic heterocycles. The van der Waals surface area contributed by atoms with Crippen molar-refractivity contribution in [3.8, 4) is 0 Å². The first-order valence-corrected chi connectivity index (χ1v) is 51.8. The highest BCUT2D eigenvalue weighted by molar-refractivity contribution is 5.91. The van der Waals surface area contributed by atoms with Gasteiger partial charge in [0.2, 0.25) is 0 Å². The normalized spacial score (nSPS) is 30.7. The zero-order valence-corrected chi connectivity index (χ0v) is 89.0. The van der Waals surface area contributed by atoms with E-state index in [1.165, 1.54) is 20.8 Å². The van der Waals surface area contributed by atoms with E-state index in [0.29, 0.717) is 41.5 Å². The second-order valence-electron chi connectivity index (χ2n) is 41.2.